The summed E-state index contributed by atoms with van der Waals surface area (Å²) in [5.74, 6) is 0.444. The summed E-state index contributed by atoms with van der Waals surface area (Å²) in [6, 6.07) is -1.16. The van der Waals surface area contributed by atoms with Crippen LogP contribution in [-0.2, 0) is 9.59 Å². The molecule has 0 radical (unpaired) electrons. The van der Waals surface area contributed by atoms with Crippen molar-refractivity contribution >= 4 is 29.6 Å². The number of aliphatic hydroxyl groups is 3. The van der Waals surface area contributed by atoms with Crippen LogP contribution in [0.25, 0.3) is 0 Å². The van der Waals surface area contributed by atoms with Gasteiger partial charge in [-0.1, -0.05) is 6.42 Å². The van der Waals surface area contributed by atoms with Crippen LogP contribution in [0.3, 0.4) is 0 Å². The molecule has 0 aromatic heterocycles. The lowest BCUT2D eigenvalue weighted by atomic mass is 9.92. The maximum absolute atomic E-state index is 12.3. The maximum atomic E-state index is 12.3. The van der Waals surface area contributed by atoms with E-state index in [1.165, 1.54) is 6.92 Å². The van der Waals surface area contributed by atoms with Crippen molar-refractivity contribution in [3.05, 3.63) is 0 Å². The fourth-order valence-corrected chi connectivity index (χ4v) is 6.07. The number of rotatable bonds is 9. The Balaban J connectivity index is 1.38. The maximum Gasteiger partial charge on any atom is 0.315 e. The average molecular weight is 460 g/mol. The Hall–Kier alpha value is -1.60. The molecule has 3 saturated heterocycles. The number of nitrogens with one attached hydrogen (secondary N) is 4. The van der Waals surface area contributed by atoms with E-state index in [0.717, 1.165) is 25.0 Å². The molecule has 12 heteroatoms. The lowest BCUT2D eigenvalue weighted by Crippen LogP contribution is -2.67. The molecule has 3 heterocycles. The van der Waals surface area contributed by atoms with Crippen molar-refractivity contribution < 1.29 is 29.7 Å². The molecule has 31 heavy (non-hydrogen) atoms. The van der Waals surface area contributed by atoms with Crippen molar-refractivity contribution in [2.45, 2.75) is 74.2 Å². The number of carbonyl (C=O) groups is 3. The number of thioether (sulfide) groups is 1. The molecule has 11 nitrogen and oxygen atoms in total. The van der Waals surface area contributed by atoms with E-state index in [4.69, 9.17) is 0 Å². The molecule has 0 spiro atoms. The number of carbonyl (C=O) groups excluding carboxylic acids is 3. The molecule has 0 aromatic carbocycles. The van der Waals surface area contributed by atoms with Gasteiger partial charge < -0.3 is 36.6 Å². The molecule has 3 fully saturated rings. The summed E-state index contributed by atoms with van der Waals surface area (Å²) < 4.78 is 0. The number of piperidine rings is 1. The van der Waals surface area contributed by atoms with Crippen LogP contribution < -0.4 is 21.3 Å². The largest absolute Gasteiger partial charge is 0.395 e. The summed E-state index contributed by atoms with van der Waals surface area (Å²) in [6.07, 6.45) is 0.451. The Kier molecular flexibility index (Phi) is 8.39. The van der Waals surface area contributed by atoms with E-state index < -0.39 is 24.3 Å². The molecule has 0 saturated carbocycles. The molecule has 0 aliphatic carbocycles. The number of fused-ring (bicyclic) bond motifs is 1. The van der Waals surface area contributed by atoms with E-state index in [0.29, 0.717) is 11.7 Å². The van der Waals surface area contributed by atoms with Crippen molar-refractivity contribution in [2.24, 2.45) is 0 Å². The summed E-state index contributed by atoms with van der Waals surface area (Å²) in [7, 11) is 0. The van der Waals surface area contributed by atoms with E-state index in [9.17, 15) is 29.7 Å². The van der Waals surface area contributed by atoms with Gasteiger partial charge in [-0.2, -0.15) is 11.8 Å². The van der Waals surface area contributed by atoms with Gasteiger partial charge in [0.05, 0.1) is 43.5 Å². The fourth-order valence-electron chi connectivity index (χ4n) is 4.53. The number of hydrogen-bond donors (Lipinski definition) is 7. The Morgan fingerprint density at radius 2 is 2.00 bits per heavy atom. The Morgan fingerprint density at radius 1 is 1.23 bits per heavy atom. The first-order chi connectivity index (χ1) is 14.8. The summed E-state index contributed by atoms with van der Waals surface area (Å²) in [5, 5.41) is 41.7. The lowest BCUT2D eigenvalue weighted by molar-refractivity contribution is -0.132. The van der Waals surface area contributed by atoms with Gasteiger partial charge in [0.15, 0.2) is 0 Å². The Labute approximate surface area is 185 Å². The molecule has 7 atom stereocenters. The number of amides is 4. The lowest BCUT2D eigenvalue weighted by Gasteiger charge is -2.44. The molecule has 4 amide bonds. The van der Waals surface area contributed by atoms with E-state index >= 15 is 0 Å². The van der Waals surface area contributed by atoms with Crippen LogP contribution in [0.2, 0.25) is 0 Å². The van der Waals surface area contributed by atoms with Gasteiger partial charge in [-0.05, 0) is 12.8 Å². The molecule has 5 unspecified atom stereocenters. The number of hydrogen-bond acceptors (Lipinski definition) is 8. The van der Waals surface area contributed by atoms with Crippen molar-refractivity contribution in [2.75, 3.05) is 25.6 Å². The van der Waals surface area contributed by atoms with Crippen LogP contribution in [0.15, 0.2) is 0 Å². The van der Waals surface area contributed by atoms with Crippen LogP contribution in [-0.4, -0.2) is 105 Å². The predicted octanol–water partition coefficient (Wildman–Crippen LogP) is -2.31. The summed E-state index contributed by atoms with van der Waals surface area (Å²) in [4.78, 5) is 36.7. The van der Waals surface area contributed by atoms with Crippen molar-refractivity contribution in [3.63, 3.8) is 0 Å². The summed E-state index contributed by atoms with van der Waals surface area (Å²) in [6.45, 7) is 1.24. The highest BCUT2D eigenvalue weighted by atomic mass is 32.2. The first-order valence-electron chi connectivity index (χ1n) is 10.7. The molecular weight excluding hydrogens is 426 g/mol. The highest BCUT2D eigenvalue weighted by Crippen LogP contribution is 2.33. The molecule has 176 valence electrons. The minimum Gasteiger partial charge on any atom is -0.395 e. The monoisotopic (exact) mass is 459 g/mol. The number of unbranched alkanes of at least 4 members (excludes halogenated alkanes) is 1. The first-order valence-corrected chi connectivity index (χ1v) is 11.8. The minimum absolute atomic E-state index is 0.100. The Bertz CT molecular complexity index is 670. The number of aliphatic hydroxyl groups excluding tert-OH is 3. The molecule has 0 bridgehead atoms. The second-order valence-electron chi connectivity index (χ2n) is 8.44. The van der Waals surface area contributed by atoms with Crippen LogP contribution in [0, 0.1) is 0 Å². The zero-order valence-corrected chi connectivity index (χ0v) is 18.4. The third-order valence-electron chi connectivity index (χ3n) is 6.19. The third-order valence-corrected chi connectivity index (χ3v) is 7.70. The van der Waals surface area contributed by atoms with E-state index in [2.05, 4.69) is 21.3 Å². The van der Waals surface area contributed by atoms with E-state index in [-0.39, 0.29) is 49.7 Å². The topological polar surface area (TPSA) is 163 Å². The van der Waals surface area contributed by atoms with Gasteiger partial charge in [0, 0.05) is 30.9 Å². The van der Waals surface area contributed by atoms with Crippen molar-refractivity contribution in [3.8, 4) is 0 Å². The highest BCUT2D eigenvalue weighted by molar-refractivity contribution is 8.00. The molecule has 3 aliphatic heterocycles. The highest BCUT2D eigenvalue weighted by Gasteiger charge is 2.43. The molecule has 7 N–H and O–H groups in total. The molecule has 3 aliphatic rings. The molecule has 3 rings (SSSR count). The smallest absolute Gasteiger partial charge is 0.315 e. The zero-order chi connectivity index (χ0) is 22.5. The van der Waals surface area contributed by atoms with E-state index in [1.807, 2.05) is 11.8 Å². The number of nitrogens with zero attached hydrogens (tertiary/aromatic N) is 1. The molecule has 0 aromatic rings. The van der Waals surface area contributed by atoms with Crippen LogP contribution >= 0.6 is 11.8 Å². The van der Waals surface area contributed by atoms with Gasteiger partial charge in [0.25, 0.3) is 0 Å². The second-order valence-corrected chi connectivity index (χ2v) is 9.71. The minimum atomic E-state index is -1.24. The summed E-state index contributed by atoms with van der Waals surface area (Å²) >= 11 is 1.85. The normalized spacial score (nSPS) is 35.2. The van der Waals surface area contributed by atoms with Crippen molar-refractivity contribution in [1.29, 1.82) is 0 Å². The third kappa shape index (κ3) is 6.01. The van der Waals surface area contributed by atoms with E-state index in [1.54, 1.807) is 4.90 Å². The van der Waals surface area contributed by atoms with Crippen LogP contribution in [0.4, 0.5) is 4.79 Å². The zero-order valence-electron chi connectivity index (χ0n) is 17.6. The van der Waals surface area contributed by atoms with Crippen LogP contribution in [0.1, 0.15) is 32.6 Å². The van der Waals surface area contributed by atoms with Gasteiger partial charge in [-0.15, -0.1) is 0 Å². The van der Waals surface area contributed by atoms with Crippen molar-refractivity contribution in [1.82, 2.24) is 26.2 Å². The number of likely N-dealkylation sites (tertiary alicyclic amines) is 1. The quantitative estimate of drug-likeness (QED) is 0.149. The Morgan fingerprint density at radius 3 is 2.71 bits per heavy atom. The van der Waals surface area contributed by atoms with Gasteiger partial charge >= 0.3 is 6.03 Å². The van der Waals surface area contributed by atoms with Crippen LogP contribution in [0.5, 0.6) is 0 Å². The van der Waals surface area contributed by atoms with Gasteiger partial charge in [0.2, 0.25) is 11.8 Å². The molecular formula is C19H33N5O6S. The van der Waals surface area contributed by atoms with Gasteiger partial charge in [-0.25, -0.2) is 4.79 Å². The SMILES string of the molecule is CC(=O)NC1CN(CNC(=O)CCCCC2SCC3NC(=O)NC32)C(CO)[C@H](O)[C@@H]1O. The standard InChI is InChI=1S/C19H33N5O6S/c1-10(26)21-11-6-24(13(7-25)18(29)17(11)28)9-20-15(27)5-3-2-4-14-16-12(8-31-14)22-19(30)23-16/h11-14,16-18,25,28-29H,2-9H2,1H3,(H,20,27)(H,21,26)(H2,22,23,30)/t11?,12?,13?,14?,16?,17-,18+/m1/s1. The summed E-state index contributed by atoms with van der Waals surface area (Å²) in [5.41, 5.74) is 0. The number of urea groups is 1. The fraction of sp³-hybridized carbons (Fsp3) is 0.842. The predicted molar refractivity (Wildman–Crippen MR) is 114 cm³/mol. The van der Waals surface area contributed by atoms with Gasteiger partial charge in [0.1, 0.15) is 6.10 Å². The first kappa shape index (κ1) is 24.1. The second kappa shape index (κ2) is 10.8. The van der Waals surface area contributed by atoms with Gasteiger partial charge in [-0.3, -0.25) is 14.5 Å². The average Bonchev–Trinajstić information content (AvgIpc) is 3.26.